The van der Waals surface area contributed by atoms with Crippen molar-refractivity contribution in [2.45, 2.75) is 19.4 Å². The van der Waals surface area contributed by atoms with Gasteiger partial charge in [-0.3, -0.25) is 4.79 Å². The summed E-state index contributed by atoms with van der Waals surface area (Å²) in [4.78, 5) is 12.0. The van der Waals surface area contributed by atoms with Crippen molar-refractivity contribution in [3.05, 3.63) is 59.9 Å². The minimum atomic E-state index is -0.276. The molecule has 0 saturated carbocycles. The van der Waals surface area contributed by atoms with Gasteiger partial charge >= 0.3 is 5.97 Å². The minimum absolute atomic E-state index is 0.134. The highest BCUT2D eigenvalue weighted by Gasteiger charge is 2.09. The number of para-hydroxylation sites is 1. The number of aryl methyl sites for hydroxylation is 1. The molecule has 0 N–H and O–H groups in total. The van der Waals surface area contributed by atoms with E-state index >= 15 is 0 Å². The summed E-state index contributed by atoms with van der Waals surface area (Å²) in [6.45, 7) is 0.134. The molecule has 1 aromatic heterocycles. The molecule has 25 heavy (non-hydrogen) atoms. The van der Waals surface area contributed by atoms with Crippen molar-refractivity contribution >= 4 is 16.9 Å². The van der Waals surface area contributed by atoms with Gasteiger partial charge in [-0.25, -0.2) is 0 Å². The summed E-state index contributed by atoms with van der Waals surface area (Å²) in [6.07, 6.45) is 0.822. The highest BCUT2D eigenvalue weighted by molar-refractivity contribution is 5.77. The van der Waals surface area contributed by atoms with Gasteiger partial charge in [-0.1, -0.05) is 18.2 Å². The molecular formula is C20H20O5. The first-order valence-electron chi connectivity index (χ1n) is 8.03. The Morgan fingerprint density at radius 2 is 1.72 bits per heavy atom. The van der Waals surface area contributed by atoms with Gasteiger partial charge in [0.15, 0.2) is 0 Å². The van der Waals surface area contributed by atoms with Gasteiger partial charge in [0.2, 0.25) is 0 Å². The lowest BCUT2D eigenvalue weighted by Gasteiger charge is -2.08. The summed E-state index contributed by atoms with van der Waals surface area (Å²) in [5.74, 6) is 1.76. The van der Waals surface area contributed by atoms with Crippen LogP contribution in [0, 0.1) is 0 Å². The molecule has 0 saturated heterocycles. The molecule has 0 fully saturated rings. The van der Waals surface area contributed by atoms with Gasteiger partial charge in [0, 0.05) is 17.9 Å². The summed E-state index contributed by atoms with van der Waals surface area (Å²) in [7, 11) is 3.19. The fourth-order valence-corrected chi connectivity index (χ4v) is 2.59. The van der Waals surface area contributed by atoms with Crippen LogP contribution >= 0.6 is 0 Å². The number of benzene rings is 2. The lowest BCUT2D eigenvalue weighted by Crippen LogP contribution is -2.05. The molecule has 0 unspecified atom stereocenters. The van der Waals surface area contributed by atoms with E-state index in [1.165, 1.54) is 0 Å². The van der Waals surface area contributed by atoms with Crippen LogP contribution in [0.4, 0.5) is 0 Å². The SMILES string of the molecule is COc1cc(CCC(=O)OCc2cc3ccccc3o2)cc(OC)c1. The summed E-state index contributed by atoms with van der Waals surface area (Å²) < 4.78 is 21.4. The summed E-state index contributed by atoms with van der Waals surface area (Å²) >= 11 is 0. The average molecular weight is 340 g/mol. The molecule has 0 atom stereocenters. The zero-order valence-electron chi connectivity index (χ0n) is 14.3. The van der Waals surface area contributed by atoms with E-state index in [1.807, 2.05) is 42.5 Å². The Morgan fingerprint density at radius 1 is 1.00 bits per heavy atom. The van der Waals surface area contributed by atoms with E-state index in [-0.39, 0.29) is 19.0 Å². The monoisotopic (exact) mass is 340 g/mol. The van der Waals surface area contributed by atoms with E-state index < -0.39 is 0 Å². The second kappa shape index (κ2) is 7.75. The number of carbonyl (C=O) groups is 1. The molecule has 130 valence electrons. The molecule has 0 spiro atoms. The standard InChI is InChI=1S/C20H20O5/c1-22-16-9-14(10-17(12-16)23-2)7-8-20(21)24-13-18-11-15-5-3-4-6-19(15)25-18/h3-6,9-12H,7-8,13H2,1-2H3. The number of furan rings is 1. The van der Waals surface area contributed by atoms with E-state index in [0.29, 0.717) is 23.7 Å². The predicted molar refractivity (Wildman–Crippen MR) is 93.9 cm³/mol. The third-order valence-electron chi connectivity index (χ3n) is 3.88. The normalized spacial score (nSPS) is 10.6. The second-order valence-corrected chi connectivity index (χ2v) is 5.63. The van der Waals surface area contributed by atoms with Gasteiger partial charge in [-0.15, -0.1) is 0 Å². The van der Waals surface area contributed by atoms with Gasteiger partial charge in [-0.2, -0.15) is 0 Å². The third-order valence-corrected chi connectivity index (χ3v) is 3.88. The van der Waals surface area contributed by atoms with E-state index in [2.05, 4.69) is 0 Å². The van der Waals surface area contributed by atoms with Crippen LogP contribution in [0.15, 0.2) is 52.9 Å². The highest BCUT2D eigenvalue weighted by Crippen LogP contribution is 2.23. The molecule has 0 radical (unpaired) electrons. The first kappa shape index (κ1) is 16.9. The van der Waals surface area contributed by atoms with Gasteiger partial charge in [0.05, 0.1) is 14.2 Å². The van der Waals surface area contributed by atoms with Gasteiger partial charge in [-0.05, 0) is 36.2 Å². The molecule has 0 amide bonds. The van der Waals surface area contributed by atoms with Crippen LogP contribution in [0.5, 0.6) is 11.5 Å². The van der Waals surface area contributed by atoms with Gasteiger partial charge in [0.1, 0.15) is 29.4 Å². The Balaban J connectivity index is 1.54. The van der Waals surface area contributed by atoms with E-state index in [4.69, 9.17) is 18.6 Å². The molecule has 3 aromatic rings. The topological polar surface area (TPSA) is 57.9 Å². The Hall–Kier alpha value is -2.95. The Bertz CT molecular complexity index is 810. The number of ether oxygens (including phenoxy) is 3. The van der Waals surface area contributed by atoms with Crippen molar-refractivity contribution in [1.29, 1.82) is 0 Å². The molecule has 0 aliphatic carbocycles. The molecule has 2 aromatic carbocycles. The number of fused-ring (bicyclic) bond motifs is 1. The number of methoxy groups -OCH3 is 2. The first-order valence-corrected chi connectivity index (χ1v) is 8.03. The Kier molecular flexibility index (Phi) is 5.23. The zero-order valence-corrected chi connectivity index (χ0v) is 14.3. The maximum Gasteiger partial charge on any atom is 0.306 e. The zero-order chi connectivity index (χ0) is 17.6. The lowest BCUT2D eigenvalue weighted by molar-refractivity contribution is -0.145. The third kappa shape index (κ3) is 4.32. The molecule has 1 heterocycles. The summed E-state index contributed by atoms with van der Waals surface area (Å²) in [6, 6.07) is 15.1. The van der Waals surface area contributed by atoms with Crippen molar-refractivity contribution in [3.63, 3.8) is 0 Å². The Labute approximate surface area is 146 Å². The molecule has 3 rings (SSSR count). The molecule has 5 nitrogen and oxygen atoms in total. The largest absolute Gasteiger partial charge is 0.497 e. The van der Waals surface area contributed by atoms with Crippen molar-refractivity contribution in [2.75, 3.05) is 14.2 Å². The molecule has 0 aliphatic heterocycles. The number of carbonyl (C=O) groups excluding carboxylic acids is 1. The summed E-state index contributed by atoms with van der Waals surface area (Å²) in [5, 5.41) is 0.997. The number of hydrogen-bond donors (Lipinski definition) is 0. The first-order chi connectivity index (χ1) is 12.2. The number of rotatable bonds is 7. The fraction of sp³-hybridized carbons (Fsp3) is 0.250. The quantitative estimate of drug-likeness (QED) is 0.605. The van der Waals surface area contributed by atoms with Gasteiger partial charge < -0.3 is 18.6 Å². The maximum atomic E-state index is 12.0. The van der Waals surface area contributed by atoms with Crippen LogP contribution in [-0.2, 0) is 22.6 Å². The summed E-state index contributed by atoms with van der Waals surface area (Å²) in [5.41, 5.74) is 1.74. The fourth-order valence-electron chi connectivity index (χ4n) is 2.59. The van der Waals surface area contributed by atoms with E-state index in [0.717, 1.165) is 16.5 Å². The average Bonchev–Trinajstić information content (AvgIpc) is 3.07. The van der Waals surface area contributed by atoms with E-state index in [1.54, 1.807) is 20.3 Å². The highest BCUT2D eigenvalue weighted by atomic mass is 16.5. The van der Waals surface area contributed by atoms with Crippen molar-refractivity contribution in [2.24, 2.45) is 0 Å². The molecule has 0 bridgehead atoms. The molecule has 0 aliphatic rings. The van der Waals surface area contributed by atoms with Crippen molar-refractivity contribution in [3.8, 4) is 11.5 Å². The van der Waals surface area contributed by atoms with Crippen LogP contribution in [-0.4, -0.2) is 20.2 Å². The van der Waals surface area contributed by atoms with Crippen molar-refractivity contribution in [1.82, 2.24) is 0 Å². The van der Waals surface area contributed by atoms with E-state index in [9.17, 15) is 4.79 Å². The molecule has 5 heteroatoms. The predicted octanol–water partition coefficient (Wildman–Crippen LogP) is 4.13. The number of hydrogen-bond acceptors (Lipinski definition) is 5. The number of esters is 1. The van der Waals surface area contributed by atoms with Gasteiger partial charge in [0.25, 0.3) is 0 Å². The van der Waals surface area contributed by atoms with Crippen LogP contribution in [0.2, 0.25) is 0 Å². The maximum absolute atomic E-state index is 12.0. The van der Waals surface area contributed by atoms with Crippen molar-refractivity contribution < 1.29 is 23.4 Å². The van der Waals surface area contributed by atoms with Crippen LogP contribution in [0.1, 0.15) is 17.7 Å². The lowest BCUT2D eigenvalue weighted by atomic mass is 10.1. The molecular weight excluding hydrogens is 320 g/mol. The van der Waals surface area contributed by atoms with Crippen LogP contribution < -0.4 is 9.47 Å². The minimum Gasteiger partial charge on any atom is -0.497 e. The van der Waals surface area contributed by atoms with Crippen LogP contribution in [0.25, 0.3) is 11.0 Å². The van der Waals surface area contributed by atoms with Crippen LogP contribution in [0.3, 0.4) is 0 Å². The Morgan fingerprint density at radius 3 is 2.40 bits per heavy atom. The second-order valence-electron chi connectivity index (χ2n) is 5.63. The smallest absolute Gasteiger partial charge is 0.306 e.